The van der Waals surface area contributed by atoms with E-state index in [1.165, 1.54) is 4.90 Å². The molecule has 0 spiro atoms. The number of unbranched alkanes of at least 4 members (excludes halogenated alkanes) is 1. The molecule has 2 aromatic rings. The van der Waals surface area contributed by atoms with Gasteiger partial charge in [0.05, 0.1) is 12.1 Å². The lowest BCUT2D eigenvalue weighted by Crippen LogP contribution is -2.48. The van der Waals surface area contributed by atoms with Gasteiger partial charge in [0, 0.05) is 26.0 Å². The Morgan fingerprint density at radius 2 is 2.00 bits per heavy atom. The number of likely N-dealkylation sites (N-methyl/N-ethyl adjacent to an activating group) is 1. The van der Waals surface area contributed by atoms with E-state index in [0.717, 1.165) is 37.1 Å². The molecule has 155 valence electrons. The Morgan fingerprint density at radius 1 is 1.24 bits per heavy atom. The minimum atomic E-state index is -0.749. The Labute approximate surface area is 171 Å². The van der Waals surface area contributed by atoms with E-state index >= 15 is 0 Å². The molecule has 0 bridgehead atoms. The highest BCUT2D eigenvalue weighted by Gasteiger charge is 2.24. The number of phenolic OH excluding ortho intramolecular Hbond substituents is 1. The third kappa shape index (κ3) is 7.63. The van der Waals surface area contributed by atoms with Crippen molar-refractivity contribution >= 4 is 12.2 Å². The molecule has 2 rings (SSSR count). The highest BCUT2D eigenvalue weighted by Crippen LogP contribution is 2.13. The normalized spacial score (nSPS) is 12.9. The Kier molecular flexibility index (Phi) is 9.27. The van der Waals surface area contributed by atoms with Gasteiger partial charge in [0.1, 0.15) is 5.75 Å². The summed E-state index contributed by atoms with van der Waals surface area (Å²) in [4.78, 5) is 29.4. The maximum absolute atomic E-state index is 12.6. The van der Waals surface area contributed by atoms with Crippen molar-refractivity contribution in [1.82, 2.24) is 15.2 Å². The summed E-state index contributed by atoms with van der Waals surface area (Å²) in [6, 6.07) is 9.13. The summed E-state index contributed by atoms with van der Waals surface area (Å²) in [5, 5.41) is 12.7. The first-order valence-electron chi connectivity index (χ1n) is 9.78. The highest BCUT2D eigenvalue weighted by atomic mass is 16.3. The third-order valence-electron chi connectivity index (χ3n) is 4.79. The van der Waals surface area contributed by atoms with Crippen molar-refractivity contribution in [3.63, 3.8) is 0 Å². The number of hydrogen-bond donors (Lipinski definition) is 3. The van der Waals surface area contributed by atoms with Gasteiger partial charge in [0.2, 0.25) is 12.2 Å². The van der Waals surface area contributed by atoms with Crippen molar-refractivity contribution in [1.29, 1.82) is 0 Å². The lowest BCUT2D eigenvalue weighted by atomic mass is 10.0. The molecule has 29 heavy (non-hydrogen) atoms. The van der Waals surface area contributed by atoms with Crippen molar-refractivity contribution in [2.75, 3.05) is 13.6 Å². The average Bonchev–Trinajstić information content (AvgIpc) is 2.74. The first-order valence-corrected chi connectivity index (χ1v) is 9.78. The molecule has 0 saturated heterocycles. The molecule has 1 aromatic heterocycles. The summed E-state index contributed by atoms with van der Waals surface area (Å²) in [5.74, 6) is -0.127. The van der Waals surface area contributed by atoms with Gasteiger partial charge in [0.15, 0.2) is 0 Å². The largest absolute Gasteiger partial charge is 0.508 e. The van der Waals surface area contributed by atoms with Crippen LogP contribution in [0.4, 0.5) is 0 Å². The minimum Gasteiger partial charge on any atom is -0.508 e. The molecule has 0 fully saturated rings. The fourth-order valence-corrected chi connectivity index (χ4v) is 3.04. The van der Waals surface area contributed by atoms with E-state index in [-0.39, 0.29) is 11.7 Å². The van der Waals surface area contributed by atoms with Crippen molar-refractivity contribution in [3.05, 3.63) is 59.9 Å². The van der Waals surface area contributed by atoms with E-state index < -0.39 is 12.1 Å². The smallest absolute Gasteiger partial charge is 0.240 e. The van der Waals surface area contributed by atoms with E-state index in [9.17, 15) is 14.7 Å². The van der Waals surface area contributed by atoms with Gasteiger partial charge in [-0.2, -0.15) is 0 Å². The van der Waals surface area contributed by atoms with Gasteiger partial charge in [-0.05, 0) is 61.6 Å². The third-order valence-corrected chi connectivity index (χ3v) is 4.79. The second kappa shape index (κ2) is 11.9. The second-order valence-corrected chi connectivity index (χ2v) is 7.09. The number of nitrogens with zero attached hydrogens (tertiary/aromatic N) is 2. The molecule has 0 aliphatic carbocycles. The average molecular weight is 397 g/mol. The van der Waals surface area contributed by atoms with Crippen LogP contribution in [0.3, 0.4) is 0 Å². The van der Waals surface area contributed by atoms with Gasteiger partial charge < -0.3 is 21.1 Å². The van der Waals surface area contributed by atoms with Gasteiger partial charge in [-0.25, -0.2) is 0 Å². The summed E-state index contributed by atoms with van der Waals surface area (Å²) in [6.07, 6.45) is 8.11. The number of carbonyl (C=O) groups is 1. The SMILES string of the molecule is CN(C(=O)[C@@H](N)Cc1ccc(O)cc1)[C@H]([C]=O)CCCCNCc1cccnc1. The van der Waals surface area contributed by atoms with E-state index in [0.29, 0.717) is 12.8 Å². The molecular formula is C22H29N4O3. The molecule has 2 atom stereocenters. The van der Waals surface area contributed by atoms with Crippen molar-refractivity contribution in [3.8, 4) is 5.75 Å². The van der Waals surface area contributed by atoms with E-state index in [1.807, 2.05) is 24.6 Å². The molecule has 1 heterocycles. The number of nitrogens with one attached hydrogen (secondary N) is 1. The summed E-state index contributed by atoms with van der Waals surface area (Å²) in [5.41, 5.74) is 8.01. The second-order valence-electron chi connectivity index (χ2n) is 7.09. The number of rotatable bonds is 12. The molecular weight excluding hydrogens is 368 g/mol. The van der Waals surface area contributed by atoms with Gasteiger partial charge in [-0.1, -0.05) is 18.2 Å². The van der Waals surface area contributed by atoms with Crippen molar-refractivity contribution in [2.24, 2.45) is 5.73 Å². The minimum absolute atomic E-state index is 0.163. The fraction of sp³-hybridized carbons (Fsp3) is 0.409. The predicted molar refractivity (Wildman–Crippen MR) is 112 cm³/mol. The summed E-state index contributed by atoms with van der Waals surface area (Å²) >= 11 is 0. The van der Waals surface area contributed by atoms with Crippen LogP contribution in [0.5, 0.6) is 5.75 Å². The first kappa shape index (κ1) is 22.5. The van der Waals surface area contributed by atoms with Crippen molar-refractivity contribution < 1.29 is 14.7 Å². The summed E-state index contributed by atoms with van der Waals surface area (Å²) in [7, 11) is 1.59. The summed E-state index contributed by atoms with van der Waals surface area (Å²) in [6.45, 7) is 1.57. The molecule has 7 heteroatoms. The number of phenols is 1. The van der Waals surface area contributed by atoms with Crippen LogP contribution in [-0.2, 0) is 22.6 Å². The zero-order valence-corrected chi connectivity index (χ0v) is 16.8. The van der Waals surface area contributed by atoms with Gasteiger partial charge in [-0.15, -0.1) is 0 Å². The van der Waals surface area contributed by atoms with Crippen LogP contribution in [0.1, 0.15) is 30.4 Å². The van der Waals surface area contributed by atoms with E-state index in [4.69, 9.17) is 5.73 Å². The van der Waals surface area contributed by atoms with Crippen LogP contribution in [0.25, 0.3) is 0 Å². The van der Waals surface area contributed by atoms with Crippen molar-refractivity contribution in [2.45, 2.75) is 44.3 Å². The zero-order chi connectivity index (χ0) is 21.1. The molecule has 1 amide bonds. The molecule has 0 aliphatic rings. The predicted octanol–water partition coefficient (Wildman–Crippen LogP) is 1.55. The van der Waals surface area contributed by atoms with Gasteiger partial charge in [-0.3, -0.25) is 14.6 Å². The molecule has 1 aromatic carbocycles. The molecule has 1 radical (unpaired) electrons. The lowest BCUT2D eigenvalue weighted by molar-refractivity contribution is -0.132. The monoisotopic (exact) mass is 397 g/mol. The summed E-state index contributed by atoms with van der Waals surface area (Å²) < 4.78 is 0. The number of aromatic nitrogens is 1. The Morgan fingerprint density at radius 3 is 2.66 bits per heavy atom. The molecule has 4 N–H and O–H groups in total. The molecule has 7 nitrogen and oxygen atoms in total. The number of amides is 1. The number of carbonyl (C=O) groups excluding carboxylic acids is 2. The lowest BCUT2D eigenvalue weighted by Gasteiger charge is -2.26. The maximum Gasteiger partial charge on any atom is 0.240 e. The zero-order valence-electron chi connectivity index (χ0n) is 16.8. The standard InChI is InChI=1S/C22H29N4O3/c1-26(22(29)21(23)13-17-7-9-20(28)10-8-17)19(16-27)6-2-3-11-24-14-18-5-4-12-25-15-18/h4-5,7-10,12,15,19,21,24,28H,2-3,6,11,13-14,23H2,1H3/t19-,21-/m0/s1. The van der Waals surface area contributed by atoms with Crippen LogP contribution >= 0.6 is 0 Å². The van der Waals surface area contributed by atoms with Gasteiger partial charge in [0.25, 0.3) is 0 Å². The molecule has 0 aliphatic heterocycles. The molecule has 0 saturated carbocycles. The van der Waals surface area contributed by atoms with Crippen LogP contribution in [0, 0.1) is 0 Å². The Bertz CT molecular complexity index is 752. The Hall–Kier alpha value is -2.77. The number of aromatic hydroxyl groups is 1. The highest BCUT2D eigenvalue weighted by molar-refractivity contribution is 5.84. The van der Waals surface area contributed by atoms with E-state index in [1.54, 1.807) is 37.5 Å². The Balaban J connectivity index is 1.70. The van der Waals surface area contributed by atoms with Crippen LogP contribution in [-0.4, -0.2) is 52.9 Å². The molecule has 0 unspecified atom stereocenters. The van der Waals surface area contributed by atoms with Crippen LogP contribution < -0.4 is 11.1 Å². The topological polar surface area (TPSA) is 109 Å². The quantitative estimate of drug-likeness (QED) is 0.469. The number of hydrogen-bond acceptors (Lipinski definition) is 6. The fourth-order valence-electron chi connectivity index (χ4n) is 3.04. The number of nitrogens with two attached hydrogens (primary N) is 1. The van der Waals surface area contributed by atoms with Crippen LogP contribution in [0.15, 0.2) is 48.8 Å². The van der Waals surface area contributed by atoms with Gasteiger partial charge >= 0.3 is 0 Å². The van der Waals surface area contributed by atoms with E-state index in [2.05, 4.69) is 10.3 Å². The first-order chi connectivity index (χ1) is 14.0. The number of benzene rings is 1. The van der Waals surface area contributed by atoms with Crippen LogP contribution in [0.2, 0.25) is 0 Å². The maximum atomic E-state index is 12.6. The number of pyridine rings is 1.